The molecular weight excluding hydrogens is 369 g/mol. The number of aromatic nitrogens is 3. The van der Waals surface area contributed by atoms with Crippen LogP contribution in [0.1, 0.15) is 42.5 Å². The molecule has 6 nitrogen and oxygen atoms in total. The summed E-state index contributed by atoms with van der Waals surface area (Å²) in [6, 6.07) is 14.2. The molecule has 1 aliphatic rings. The minimum absolute atomic E-state index is 0.125. The zero-order valence-corrected chi connectivity index (χ0v) is 16.3. The third kappa shape index (κ3) is 4.03. The number of nitrogens with zero attached hydrogens (tertiary/aromatic N) is 3. The molecule has 2 aromatic carbocycles. The van der Waals surface area contributed by atoms with E-state index in [4.69, 9.17) is 0 Å². The number of fused-ring (bicyclic) bond motifs is 1. The summed E-state index contributed by atoms with van der Waals surface area (Å²) in [5.41, 5.74) is 3.93. The summed E-state index contributed by atoms with van der Waals surface area (Å²) in [6.45, 7) is 3.98. The monoisotopic (exact) mass is 391 g/mol. The van der Waals surface area contributed by atoms with Gasteiger partial charge in [-0.25, -0.2) is 9.07 Å². The van der Waals surface area contributed by atoms with Crippen molar-refractivity contribution in [2.75, 3.05) is 10.6 Å². The first kappa shape index (κ1) is 18.9. The Morgan fingerprint density at radius 1 is 1.17 bits per heavy atom. The Hall–Kier alpha value is -3.48. The lowest BCUT2D eigenvalue weighted by molar-refractivity contribution is -0.116. The maximum absolute atomic E-state index is 13.4. The topological polar surface area (TPSA) is 71.8 Å². The third-order valence-corrected chi connectivity index (χ3v) is 4.77. The molecule has 1 amide bonds. The first-order valence-corrected chi connectivity index (χ1v) is 9.61. The van der Waals surface area contributed by atoms with E-state index in [9.17, 15) is 9.18 Å². The molecule has 148 valence electrons. The van der Waals surface area contributed by atoms with E-state index in [0.717, 1.165) is 23.2 Å². The summed E-state index contributed by atoms with van der Waals surface area (Å²) in [4.78, 5) is 16.4. The second kappa shape index (κ2) is 7.87. The van der Waals surface area contributed by atoms with Crippen LogP contribution >= 0.6 is 0 Å². The molecule has 0 fully saturated rings. The van der Waals surface area contributed by atoms with Gasteiger partial charge in [0, 0.05) is 12.1 Å². The van der Waals surface area contributed by atoms with E-state index in [1.54, 1.807) is 16.8 Å². The van der Waals surface area contributed by atoms with Gasteiger partial charge in [-0.3, -0.25) is 10.1 Å². The van der Waals surface area contributed by atoms with Gasteiger partial charge in [0.2, 0.25) is 11.9 Å². The molecule has 0 unspecified atom stereocenters. The number of nitrogens with one attached hydrogen (secondary N) is 2. The standard InChI is InChI=1S/C22H22FN5O/c1-3-4-20(29)25-21-26-22-24-18(15-7-5-14(2)6-8-15)13-19(28(22)27-21)16-9-11-17(23)12-10-16/h5-13,19H,3-4H2,1-2H3,(H2,24,25,26,27,29)/t19-/m1/s1. The van der Waals surface area contributed by atoms with Gasteiger partial charge in [-0.15, -0.1) is 5.10 Å². The number of carbonyl (C=O) groups is 1. The number of hydrogen-bond acceptors (Lipinski definition) is 4. The maximum atomic E-state index is 13.4. The van der Waals surface area contributed by atoms with Gasteiger partial charge >= 0.3 is 0 Å². The van der Waals surface area contributed by atoms with Crippen molar-refractivity contribution in [2.45, 2.75) is 32.7 Å². The molecule has 0 radical (unpaired) electrons. The molecule has 2 N–H and O–H groups in total. The highest BCUT2D eigenvalue weighted by atomic mass is 19.1. The highest BCUT2D eigenvalue weighted by Gasteiger charge is 2.25. The van der Waals surface area contributed by atoms with Crippen LogP contribution in [0.5, 0.6) is 0 Å². The van der Waals surface area contributed by atoms with Crippen molar-refractivity contribution < 1.29 is 9.18 Å². The Bertz CT molecular complexity index is 1050. The average Bonchev–Trinajstić information content (AvgIpc) is 3.11. The zero-order valence-electron chi connectivity index (χ0n) is 16.3. The van der Waals surface area contributed by atoms with E-state index in [-0.39, 0.29) is 23.7 Å². The van der Waals surface area contributed by atoms with Crippen LogP contribution in [-0.2, 0) is 4.79 Å². The van der Waals surface area contributed by atoms with Gasteiger partial charge in [-0.2, -0.15) is 4.98 Å². The molecule has 2 heterocycles. The average molecular weight is 391 g/mol. The first-order chi connectivity index (χ1) is 14.0. The molecule has 0 spiro atoms. The van der Waals surface area contributed by atoms with Gasteiger partial charge in [0.1, 0.15) is 11.9 Å². The molecular formula is C22H22FN5O. The fraction of sp³-hybridized carbons (Fsp3) is 0.227. The van der Waals surface area contributed by atoms with Crippen LogP contribution in [0.25, 0.3) is 5.70 Å². The molecule has 29 heavy (non-hydrogen) atoms. The fourth-order valence-electron chi connectivity index (χ4n) is 3.26. The van der Waals surface area contributed by atoms with Crippen molar-refractivity contribution in [3.05, 3.63) is 77.1 Å². The molecule has 4 rings (SSSR count). The van der Waals surface area contributed by atoms with Crippen LogP contribution in [0, 0.1) is 12.7 Å². The Balaban J connectivity index is 1.73. The van der Waals surface area contributed by atoms with Crippen LogP contribution in [0.15, 0.2) is 54.6 Å². The number of hydrogen-bond donors (Lipinski definition) is 2. The minimum Gasteiger partial charge on any atom is -0.324 e. The highest BCUT2D eigenvalue weighted by molar-refractivity contribution is 5.89. The van der Waals surface area contributed by atoms with Crippen molar-refractivity contribution in [3.63, 3.8) is 0 Å². The van der Waals surface area contributed by atoms with E-state index in [1.165, 1.54) is 17.7 Å². The van der Waals surface area contributed by atoms with Crippen molar-refractivity contribution >= 4 is 23.5 Å². The second-order valence-electron chi connectivity index (χ2n) is 7.07. The van der Waals surface area contributed by atoms with Gasteiger partial charge in [0.15, 0.2) is 0 Å². The number of amides is 1. The van der Waals surface area contributed by atoms with Gasteiger partial charge in [0.25, 0.3) is 5.95 Å². The smallest absolute Gasteiger partial charge is 0.250 e. The lowest BCUT2D eigenvalue weighted by Crippen LogP contribution is -2.20. The summed E-state index contributed by atoms with van der Waals surface area (Å²) in [5.74, 6) is 0.345. The van der Waals surface area contributed by atoms with Gasteiger partial charge in [-0.05, 0) is 42.7 Å². The number of halogens is 1. The zero-order chi connectivity index (χ0) is 20.4. The van der Waals surface area contributed by atoms with Crippen LogP contribution in [0.4, 0.5) is 16.3 Å². The summed E-state index contributed by atoms with van der Waals surface area (Å²) in [5, 5.41) is 10.5. The number of carbonyl (C=O) groups excluding carboxylic acids is 1. The van der Waals surface area contributed by atoms with Crippen molar-refractivity contribution in [3.8, 4) is 0 Å². The molecule has 0 aliphatic carbocycles. The molecule has 1 aromatic heterocycles. The molecule has 3 aromatic rings. The predicted molar refractivity (Wildman–Crippen MR) is 111 cm³/mol. The quantitative estimate of drug-likeness (QED) is 0.671. The van der Waals surface area contributed by atoms with E-state index >= 15 is 0 Å². The van der Waals surface area contributed by atoms with E-state index in [0.29, 0.717) is 12.4 Å². The number of allylic oxidation sites excluding steroid dienone is 1. The summed E-state index contributed by atoms with van der Waals surface area (Å²) in [6.07, 6.45) is 3.18. The summed E-state index contributed by atoms with van der Waals surface area (Å²) < 4.78 is 15.1. The molecule has 1 atom stereocenters. The molecule has 0 bridgehead atoms. The normalized spacial score (nSPS) is 15.3. The van der Waals surface area contributed by atoms with E-state index < -0.39 is 0 Å². The Morgan fingerprint density at radius 2 is 1.90 bits per heavy atom. The van der Waals surface area contributed by atoms with Gasteiger partial charge in [0.05, 0.1) is 0 Å². The number of benzene rings is 2. The third-order valence-electron chi connectivity index (χ3n) is 4.77. The summed E-state index contributed by atoms with van der Waals surface area (Å²) >= 11 is 0. The SMILES string of the molecule is CCCC(=O)Nc1nc2n(n1)[C@@H](c1ccc(F)cc1)C=C(c1ccc(C)cc1)N2. The molecule has 0 saturated carbocycles. The van der Waals surface area contributed by atoms with Crippen LogP contribution in [0.2, 0.25) is 0 Å². The predicted octanol–water partition coefficient (Wildman–Crippen LogP) is 4.52. The lowest BCUT2D eigenvalue weighted by atomic mass is 10.0. The van der Waals surface area contributed by atoms with Crippen molar-refractivity contribution in [1.82, 2.24) is 14.8 Å². The molecule has 1 aliphatic heterocycles. The minimum atomic E-state index is -0.295. The van der Waals surface area contributed by atoms with Gasteiger partial charge < -0.3 is 5.32 Å². The van der Waals surface area contributed by atoms with E-state index in [1.807, 2.05) is 44.2 Å². The van der Waals surface area contributed by atoms with Crippen LogP contribution < -0.4 is 10.6 Å². The Kier molecular flexibility index (Phi) is 5.12. The lowest BCUT2D eigenvalue weighted by Gasteiger charge is -2.24. The maximum Gasteiger partial charge on any atom is 0.250 e. The Labute approximate surface area is 168 Å². The van der Waals surface area contributed by atoms with E-state index in [2.05, 4.69) is 20.7 Å². The van der Waals surface area contributed by atoms with Gasteiger partial charge in [-0.1, -0.05) is 48.9 Å². The fourth-order valence-corrected chi connectivity index (χ4v) is 3.26. The highest BCUT2D eigenvalue weighted by Crippen LogP contribution is 2.33. The molecule has 0 saturated heterocycles. The number of aryl methyl sites for hydroxylation is 1. The number of anilines is 2. The largest absolute Gasteiger partial charge is 0.324 e. The number of rotatable bonds is 5. The second-order valence-corrected chi connectivity index (χ2v) is 7.07. The summed E-state index contributed by atoms with van der Waals surface area (Å²) in [7, 11) is 0. The molecule has 7 heteroatoms. The van der Waals surface area contributed by atoms with Crippen LogP contribution in [-0.4, -0.2) is 20.7 Å². The van der Waals surface area contributed by atoms with Crippen LogP contribution in [0.3, 0.4) is 0 Å². The first-order valence-electron chi connectivity index (χ1n) is 9.61. The Morgan fingerprint density at radius 3 is 2.59 bits per heavy atom. The van der Waals surface area contributed by atoms with Crippen molar-refractivity contribution in [1.29, 1.82) is 0 Å². The van der Waals surface area contributed by atoms with Crippen molar-refractivity contribution in [2.24, 2.45) is 0 Å².